The highest BCUT2D eigenvalue weighted by atomic mass is 19.1. The van der Waals surface area contributed by atoms with Gasteiger partial charge >= 0.3 is 5.97 Å². The molecule has 0 spiro atoms. The minimum Gasteiger partial charge on any atom is -0.466 e. The smallest absolute Gasteiger partial charge is 0.306 e. The van der Waals surface area contributed by atoms with Crippen molar-refractivity contribution in [3.8, 4) is 0 Å². The minimum absolute atomic E-state index is 0.0715. The van der Waals surface area contributed by atoms with E-state index in [9.17, 15) is 18.4 Å². The van der Waals surface area contributed by atoms with Gasteiger partial charge in [-0.25, -0.2) is 13.8 Å². The fraction of sp³-hybridized carbons (Fsp3) is 0.333. The average molecular weight is 391 g/mol. The zero-order valence-corrected chi connectivity index (χ0v) is 15.4. The van der Waals surface area contributed by atoms with Crippen molar-refractivity contribution in [2.75, 3.05) is 11.9 Å². The zero-order chi connectivity index (χ0) is 20.3. The molecule has 0 fully saturated rings. The van der Waals surface area contributed by atoms with E-state index in [2.05, 4.69) is 20.4 Å². The number of carbonyl (C=O) groups is 1. The highest BCUT2D eigenvalue weighted by molar-refractivity contribution is 5.69. The molecule has 2 heterocycles. The number of fused-ring (bicyclic) bond motifs is 1. The molecule has 3 aromatic rings. The van der Waals surface area contributed by atoms with E-state index in [1.165, 1.54) is 12.1 Å². The molecule has 0 saturated heterocycles. The molecule has 10 heteroatoms. The molecule has 0 saturated carbocycles. The summed E-state index contributed by atoms with van der Waals surface area (Å²) in [5.41, 5.74) is 0.862. The molecule has 0 aliphatic carbocycles. The van der Waals surface area contributed by atoms with E-state index in [0.717, 1.165) is 10.6 Å². The Kier molecular flexibility index (Phi) is 5.67. The number of nitrogens with zero attached hydrogens (tertiary/aromatic N) is 3. The number of hydrogen-bond donors (Lipinski definition) is 2. The standard InChI is InChI=1S/C18H19F2N5O3/c1-3-28-15(26)5-4-14-10(2)22-18-23-17(24-25(18)16(14)27)21-9-11-6-12(19)8-13(20)7-11/h6-8H,3-5,9H2,1-2H3,(H2,21,22,23,24). The summed E-state index contributed by atoms with van der Waals surface area (Å²) in [4.78, 5) is 32.6. The summed E-state index contributed by atoms with van der Waals surface area (Å²) in [6.07, 6.45) is 0.270. The van der Waals surface area contributed by atoms with Crippen LogP contribution in [0.1, 0.15) is 30.2 Å². The maximum atomic E-state index is 13.3. The highest BCUT2D eigenvalue weighted by Crippen LogP contribution is 2.11. The lowest BCUT2D eigenvalue weighted by Gasteiger charge is -2.04. The number of nitrogens with one attached hydrogen (secondary N) is 2. The summed E-state index contributed by atoms with van der Waals surface area (Å²) in [7, 11) is 0. The van der Waals surface area contributed by atoms with Crippen molar-refractivity contribution in [1.82, 2.24) is 19.6 Å². The van der Waals surface area contributed by atoms with Crippen LogP contribution >= 0.6 is 0 Å². The summed E-state index contributed by atoms with van der Waals surface area (Å²) in [5, 5.41) is 5.62. The predicted molar refractivity (Wildman–Crippen MR) is 97.0 cm³/mol. The second kappa shape index (κ2) is 8.15. The van der Waals surface area contributed by atoms with Gasteiger partial charge in [0.1, 0.15) is 11.6 Å². The summed E-state index contributed by atoms with van der Waals surface area (Å²) < 4.78 is 32.6. The Morgan fingerprint density at radius 1 is 1.25 bits per heavy atom. The van der Waals surface area contributed by atoms with E-state index in [-0.39, 0.29) is 49.2 Å². The van der Waals surface area contributed by atoms with Gasteiger partial charge in [0.05, 0.1) is 12.3 Å². The lowest BCUT2D eigenvalue weighted by molar-refractivity contribution is -0.143. The maximum Gasteiger partial charge on any atom is 0.306 e. The molecule has 0 bridgehead atoms. The van der Waals surface area contributed by atoms with Crippen molar-refractivity contribution in [2.24, 2.45) is 0 Å². The Balaban J connectivity index is 1.80. The highest BCUT2D eigenvalue weighted by Gasteiger charge is 2.15. The van der Waals surface area contributed by atoms with Gasteiger partial charge in [0.15, 0.2) is 0 Å². The zero-order valence-electron chi connectivity index (χ0n) is 15.4. The lowest BCUT2D eigenvalue weighted by Crippen LogP contribution is -2.23. The van der Waals surface area contributed by atoms with E-state index in [0.29, 0.717) is 16.8 Å². The second-order valence-corrected chi connectivity index (χ2v) is 6.12. The van der Waals surface area contributed by atoms with Crippen molar-refractivity contribution >= 4 is 17.7 Å². The van der Waals surface area contributed by atoms with Gasteiger partial charge in [-0.05, 0) is 38.0 Å². The number of carbonyl (C=O) groups excluding carboxylic acids is 1. The van der Waals surface area contributed by atoms with Crippen molar-refractivity contribution in [2.45, 2.75) is 33.2 Å². The number of halogens is 2. The van der Waals surface area contributed by atoms with Gasteiger partial charge in [-0.1, -0.05) is 0 Å². The topological polar surface area (TPSA) is 101 Å². The Hall–Kier alpha value is -3.30. The molecule has 1 aromatic carbocycles. The van der Waals surface area contributed by atoms with Crippen molar-refractivity contribution in [3.63, 3.8) is 0 Å². The summed E-state index contributed by atoms with van der Waals surface area (Å²) in [6, 6.07) is 3.18. The monoisotopic (exact) mass is 391 g/mol. The minimum atomic E-state index is -0.679. The maximum absolute atomic E-state index is 13.3. The van der Waals surface area contributed by atoms with Gasteiger partial charge in [0.2, 0.25) is 5.95 Å². The Bertz CT molecular complexity index is 1060. The number of anilines is 1. The molecule has 0 radical (unpaired) electrons. The van der Waals surface area contributed by atoms with Crippen molar-refractivity contribution in [1.29, 1.82) is 0 Å². The number of ether oxygens (including phenoxy) is 1. The summed E-state index contributed by atoms with van der Waals surface area (Å²) in [5.74, 6) is -1.38. The van der Waals surface area contributed by atoms with Crippen LogP contribution in [0.15, 0.2) is 23.0 Å². The number of aryl methyl sites for hydroxylation is 1. The van der Waals surface area contributed by atoms with Crippen molar-refractivity contribution in [3.05, 3.63) is 57.0 Å². The van der Waals surface area contributed by atoms with Gasteiger partial charge in [-0.2, -0.15) is 9.50 Å². The van der Waals surface area contributed by atoms with Crippen LogP contribution in [0, 0.1) is 18.6 Å². The van der Waals surface area contributed by atoms with Crippen LogP contribution in [0.4, 0.5) is 14.7 Å². The van der Waals surface area contributed by atoms with Crippen LogP contribution in [0.2, 0.25) is 0 Å². The first kappa shape index (κ1) is 19.5. The first-order chi connectivity index (χ1) is 13.4. The van der Waals surface area contributed by atoms with E-state index in [1.807, 2.05) is 0 Å². The van der Waals surface area contributed by atoms with Gasteiger partial charge in [0.25, 0.3) is 11.3 Å². The molecular formula is C18H19F2N5O3. The third kappa shape index (κ3) is 4.33. The number of hydrogen-bond acceptors (Lipinski definition) is 6. The van der Waals surface area contributed by atoms with Gasteiger partial charge < -0.3 is 10.1 Å². The average Bonchev–Trinajstić information content (AvgIpc) is 3.02. The third-order valence-electron chi connectivity index (χ3n) is 4.06. The van der Waals surface area contributed by atoms with Crippen LogP contribution in [-0.4, -0.2) is 32.2 Å². The number of aromatic amines is 1. The SMILES string of the molecule is CCOC(=O)CCc1c(C)nc2nc(NCc3cc(F)cc(F)c3)[nH]n2c1=O. The van der Waals surface area contributed by atoms with Crippen LogP contribution in [0.25, 0.3) is 5.78 Å². The molecule has 2 aromatic heterocycles. The molecule has 28 heavy (non-hydrogen) atoms. The molecular weight excluding hydrogens is 372 g/mol. The molecule has 0 amide bonds. The normalized spacial score (nSPS) is 11.0. The molecule has 0 unspecified atom stereocenters. The number of esters is 1. The Labute approximate surface area is 158 Å². The van der Waals surface area contributed by atoms with Gasteiger partial charge in [-0.15, -0.1) is 0 Å². The molecule has 3 rings (SSSR count). The summed E-state index contributed by atoms with van der Waals surface area (Å²) in [6.45, 7) is 3.75. The van der Waals surface area contributed by atoms with Crippen LogP contribution in [-0.2, 0) is 22.5 Å². The molecule has 2 N–H and O–H groups in total. The number of benzene rings is 1. The fourth-order valence-electron chi connectivity index (χ4n) is 2.78. The lowest BCUT2D eigenvalue weighted by atomic mass is 10.1. The first-order valence-corrected chi connectivity index (χ1v) is 8.70. The van der Waals surface area contributed by atoms with Crippen LogP contribution in [0.3, 0.4) is 0 Å². The second-order valence-electron chi connectivity index (χ2n) is 6.12. The van der Waals surface area contributed by atoms with E-state index >= 15 is 0 Å². The van der Waals surface area contributed by atoms with Gasteiger partial charge in [0, 0.05) is 24.6 Å². The quantitative estimate of drug-likeness (QED) is 0.598. The van der Waals surface area contributed by atoms with E-state index in [4.69, 9.17) is 4.74 Å². The first-order valence-electron chi connectivity index (χ1n) is 8.70. The molecule has 0 aliphatic rings. The Morgan fingerprint density at radius 2 is 1.96 bits per heavy atom. The van der Waals surface area contributed by atoms with Crippen LogP contribution < -0.4 is 10.9 Å². The molecule has 148 valence electrons. The molecule has 8 nitrogen and oxygen atoms in total. The molecule has 0 aliphatic heterocycles. The Morgan fingerprint density at radius 3 is 2.64 bits per heavy atom. The van der Waals surface area contributed by atoms with Gasteiger partial charge in [-0.3, -0.25) is 14.7 Å². The van der Waals surface area contributed by atoms with E-state index < -0.39 is 11.6 Å². The predicted octanol–water partition coefficient (Wildman–Crippen LogP) is 2.11. The third-order valence-corrected chi connectivity index (χ3v) is 4.06. The number of H-pyrrole nitrogens is 1. The van der Waals surface area contributed by atoms with Crippen molar-refractivity contribution < 1.29 is 18.3 Å². The summed E-state index contributed by atoms with van der Waals surface area (Å²) >= 11 is 0. The number of aromatic nitrogens is 4. The fourth-order valence-corrected chi connectivity index (χ4v) is 2.78. The largest absolute Gasteiger partial charge is 0.466 e. The number of rotatable bonds is 7. The van der Waals surface area contributed by atoms with Crippen LogP contribution in [0.5, 0.6) is 0 Å². The molecule has 0 atom stereocenters. The van der Waals surface area contributed by atoms with E-state index in [1.54, 1.807) is 13.8 Å².